The van der Waals surface area contributed by atoms with Crippen LogP contribution in [0.15, 0.2) is 12.3 Å². The van der Waals surface area contributed by atoms with Gasteiger partial charge in [0.05, 0.1) is 6.20 Å². The Morgan fingerprint density at radius 2 is 2.20 bits per heavy atom. The first-order valence-corrected chi connectivity index (χ1v) is 4.89. The van der Waals surface area contributed by atoms with Gasteiger partial charge in [-0.1, -0.05) is 13.8 Å². The lowest BCUT2D eigenvalue weighted by Crippen LogP contribution is -2.03. The molecule has 2 heterocycles. The van der Waals surface area contributed by atoms with Gasteiger partial charge in [0.25, 0.3) is 0 Å². The van der Waals surface area contributed by atoms with Gasteiger partial charge in [-0.05, 0) is 18.9 Å². The van der Waals surface area contributed by atoms with E-state index in [1.165, 1.54) is 0 Å². The molecule has 0 amide bonds. The Bertz CT molecular complexity index is 545. The maximum atomic E-state index is 8.90. The number of aromatic nitrogens is 3. The third-order valence-corrected chi connectivity index (χ3v) is 2.34. The molecule has 0 bridgehead atoms. The first-order valence-electron chi connectivity index (χ1n) is 4.89. The summed E-state index contributed by atoms with van der Waals surface area (Å²) < 4.78 is 1.75. The molecule has 2 rings (SSSR count). The molecule has 0 saturated carbocycles. The van der Waals surface area contributed by atoms with E-state index in [0.29, 0.717) is 17.1 Å². The molecule has 15 heavy (non-hydrogen) atoms. The first-order chi connectivity index (χ1) is 7.13. The zero-order valence-electron chi connectivity index (χ0n) is 9.02. The monoisotopic (exact) mass is 200 g/mol. The van der Waals surface area contributed by atoms with Crippen molar-refractivity contribution in [1.29, 1.82) is 5.26 Å². The van der Waals surface area contributed by atoms with E-state index in [1.807, 2.05) is 13.0 Å². The zero-order chi connectivity index (χ0) is 11.0. The van der Waals surface area contributed by atoms with Crippen molar-refractivity contribution >= 4 is 5.65 Å². The molecule has 0 atom stereocenters. The number of hydrogen-bond acceptors (Lipinski definition) is 3. The highest BCUT2D eigenvalue weighted by Gasteiger charge is 2.11. The molecule has 4 heteroatoms. The normalized spacial score (nSPS) is 10.9. The van der Waals surface area contributed by atoms with Crippen molar-refractivity contribution in [2.24, 2.45) is 0 Å². The summed E-state index contributed by atoms with van der Waals surface area (Å²) in [5.41, 5.74) is 3.18. The fourth-order valence-electron chi connectivity index (χ4n) is 1.60. The minimum atomic E-state index is 0.362. The Morgan fingerprint density at radius 3 is 2.80 bits per heavy atom. The minimum absolute atomic E-state index is 0.362. The second kappa shape index (κ2) is 3.35. The van der Waals surface area contributed by atoms with Crippen molar-refractivity contribution in [2.45, 2.75) is 26.7 Å². The smallest absolute Gasteiger partial charge is 0.173 e. The number of aryl methyl sites for hydroxylation is 1. The molecule has 0 aliphatic heterocycles. The lowest BCUT2D eigenvalue weighted by atomic mass is 10.1. The summed E-state index contributed by atoms with van der Waals surface area (Å²) in [6.07, 6.45) is 1.56. The van der Waals surface area contributed by atoms with Crippen molar-refractivity contribution in [3.05, 3.63) is 29.2 Å². The molecule has 2 aromatic rings. The molecule has 0 aliphatic rings. The molecule has 0 N–H and O–H groups in total. The quantitative estimate of drug-likeness (QED) is 0.707. The summed E-state index contributed by atoms with van der Waals surface area (Å²) in [7, 11) is 0. The molecular formula is C11H12N4. The van der Waals surface area contributed by atoms with E-state index >= 15 is 0 Å². The van der Waals surface area contributed by atoms with Crippen LogP contribution in [0.2, 0.25) is 0 Å². The van der Waals surface area contributed by atoms with Gasteiger partial charge in [0.1, 0.15) is 11.6 Å². The Labute approximate surface area is 88.2 Å². The number of nitriles is 1. The maximum Gasteiger partial charge on any atom is 0.173 e. The van der Waals surface area contributed by atoms with Crippen LogP contribution in [-0.4, -0.2) is 14.6 Å². The standard InChI is InChI=1S/C11H12N4/c1-7(2)10-4-8(3)14-11-9(5-12)6-13-15(10)11/h4,6-7H,1-3H3. The van der Waals surface area contributed by atoms with Gasteiger partial charge < -0.3 is 0 Å². The summed E-state index contributed by atoms with van der Waals surface area (Å²) in [5.74, 6) is 0.362. The van der Waals surface area contributed by atoms with E-state index < -0.39 is 0 Å². The van der Waals surface area contributed by atoms with E-state index in [-0.39, 0.29) is 0 Å². The van der Waals surface area contributed by atoms with Crippen molar-refractivity contribution in [3.8, 4) is 6.07 Å². The number of nitrogens with zero attached hydrogens (tertiary/aromatic N) is 4. The average molecular weight is 200 g/mol. The van der Waals surface area contributed by atoms with E-state index in [2.05, 4.69) is 30.0 Å². The Kier molecular flexibility index (Phi) is 2.16. The SMILES string of the molecule is Cc1cc(C(C)C)n2ncc(C#N)c2n1. The molecule has 0 fully saturated rings. The average Bonchev–Trinajstić information content (AvgIpc) is 2.58. The number of rotatable bonds is 1. The van der Waals surface area contributed by atoms with Crippen LogP contribution in [0.25, 0.3) is 5.65 Å². The molecule has 2 aromatic heterocycles. The van der Waals surface area contributed by atoms with Crippen molar-refractivity contribution in [1.82, 2.24) is 14.6 Å². The highest BCUT2D eigenvalue weighted by molar-refractivity contribution is 5.54. The van der Waals surface area contributed by atoms with Crippen molar-refractivity contribution in [3.63, 3.8) is 0 Å². The fourth-order valence-corrected chi connectivity index (χ4v) is 1.60. The van der Waals surface area contributed by atoms with Gasteiger partial charge in [0.2, 0.25) is 0 Å². The van der Waals surface area contributed by atoms with Crippen LogP contribution in [0.3, 0.4) is 0 Å². The molecule has 0 unspecified atom stereocenters. The van der Waals surface area contributed by atoms with Gasteiger partial charge in [-0.2, -0.15) is 10.4 Å². The van der Waals surface area contributed by atoms with Gasteiger partial charge in [0.15, 0.2) is 5.65 Å². The van der Waals surface area contributed by atoms with Gasteiger partial charge in [-0.3, -0.25) is 0 Å². The van der Waals surface area contributed by atoms with Crippen LogP contribution >= 0.6 is 0 Å². The topological polar surface area (TPSA) is 54.0 Å². The minimum Gasteiger partial charge on any atom is -0.233 e. The van der Waals surface area contributed by atoms with Crippen LogP contribution in [0.4, 0.5) is 0 Å². The highest BCUT2D eigenvalue weighted by Crippen LogP contribution is 2.18. The van der Waals surface area contributed by atoms with E-state index in [9.17, 15) is 0 Å². The van der Waals surface area contributed by atoms with Crippen LogP contribution in [0, 0.1) is 18.3 Å². The molecule has 76 valence electrons. The molecule has 0 radical (unpaired) electrons. The third kappa shape index (κ3) is 1.46. The first kappa shape index (κ1) is 9.66. The highest BCUT2D eigenvalue weighted by atomic mass is 15.3. The van der Waals surface area contributed by atoms with Crippen molar-refractivity contribution in [2.75, 3.05) is 0 Å². The van der Waals surface area contributed by atoms with Crippen molar-refractivity contribution < 1.29 is 0 Å². The molecule has 0 saturated heterocycles. The second-order valence-corrected chi connectivity index (χ2v) is 3.88. The van der Waals surface area contributed by atoms with Gasteiger partial charge in [0, 0.05) is 11.4 Å². The lowest BCUT2D eigenvalue weighted by molar-refractivity contribution is 0.745. The van der Waals surface area contributed by atoms with Crippen LogP contribution in [0.5, 0.6) is 0 Å². The van der Waals surface area contributed by atoms with E-state index in [0.717, 1.165) is 11.4 Å². The Hall–Kier alpha value is -1.89. The third-order valence-electron chi connectivity index (χ3n) is 2.34. The predicted molar refractivity (Wildman–Crippen MR) is 56.5 cm³/mol. The van der Waals surface area contributed by atoms with Gasteiger partial charge >= 0.3 is 0 Å². The van der Waals surface area contributed by atoms with Crippen LogP contribution < -0.4 is 0 Å². The molecule has 0 aromatic carbocycles. The lowest BCUT2D eigenvalue weighted by Gasteiger charge is -2.08. The van der Waals surface area contributed by atoms with E-state index in [1.54, 1.807) is 10.7 Å². The number of hydrogen-bond donors (Lipinski definition) is 0. The summed E-state index contributed by atoms with van der Waals surface area (Å²) in [4.78, 5) is 4.33. The fraction of sp³-hybridized carbons (Fsp3) is 0.364. The molecule has 0 aliphatic carbocycles. The largest absolute Gasteiger partial charge is 0.233 e. The molecular weight excluding hydrogens is 188 g/mol. The zero-order valence-corrected chi connectivity index (χ0v) is 9.02. The number of fused-ring (bicyclic) bond motifs is 1. The summed E-state index contributed by atoms with van der Waals surface area (Å²) in [6.45, 7) is 6.13. The predicted octanol–water partition coefficient (Wildman–Crippen LogP) is 2.03. The Morgan fingerprint density at radius 1 is 1.47 bits per heavy atom. The molecule has 0 spiro atoms. The van der Waals surface area contributed by atoms with Gasteiger partial charge in [-0.25, -0.2) is 9.50 Å². The van der Waals surface area contributed by atoms with E-state index in [4.69, 9.17) is 5.26 Å². The van der Waals surface area contributed by atoms with Crippen LogP contribution in [0.1, 0.15) is 36.7 Å². The second-order valence-electron chi connectivity index (χ2n) is 3.88. The van der Waals surface area contributed by atoms with Gasteiger partial charge in [-0.15, -0.1) is 0 Å². The summed E-state index contributed by atoms with van der Waals surface area (Å²) in [6, 6.07) is 4.10. The summed E-state index contributed by atoms with van der Waals surface area (Å²) >= 11 is 0. The Balaban J connectivity index is 2.84. The maximum absolute atomic E-state index is 8.90. The van der Waals surface area contributed by atoms with Crippen LogP contribution in [-0.2, 0) is 0 Å². The molecule has 4 nitrogen and oxygen atoms in total. The summed E-state index contributed by atoms with van der Waals surface area (Å²) in [5, 5.41) is 13.1.